The van der Waals surface area contributed by atoms with E-state index in [0.717, 1.165) is 11.1 Å². The number of hydrogen-bond donors (Lipinski definition) is 3. The average molecular weight is 610 g/mol. The highest BCUT2D eigenvalue weighted by Gasteiger charge is 2.42. The molecule has 11 heteroatoms. The van der Waals surface area contributed by atoms with Crippen LogP contribution >= 0.6 is 0 Å². The number of carbonyl (C=O) groups excluding carboxylic acids is 3. The Morgan fingerprint density at radius 3 is 2.41 bits per heavy atom. The molecule has 238 valence electrons. The first-order chi connectivity index (χ1) is 20.9. The molecule has 2 saturated heterocycles. The van der Waals surface area contributed by atoms with Crippen molar-refractivity contribution in [1.82, 2.24) is 15.1 Å². The summed E-state index contributed by atoms with van der Waals surface area (Å²) in [6, 6.07) is 11.4. The zero-order valence-electron chi connectivity index (χ0n) is 25.8. The molecule has 3 aliphatic heterocycles. The molecule has 2 aromatic carbocycles. The van der Waals surface area contributed by atoms with Gasteiger partial charge in [0.1, 0.15) is 11.4 Å². The number of benzene rings is 2. The Hall–Kier alpha value is -3.67. The number of fused-ring (bicyclic) bond motifs is 3. The van der Waals surface area contributed by atoms with Gasteiger partial charge in [-0.05, 0) is 76.3 Å². The molecule has 5 rings (SSSR count). The van der Waals surface area contributed by atoms with Crippen LogP contribution in [0.25, 0.3) is 0 Å². The fraction of sp³-hybridized carbons (Fsp3) is 0.545. The van der Waals surface area contributed by atoms with Crippen molar-refractivity contribution < 1.29 is 38.8 Å². The second-order valence-corrected chi connectivity index (χ2v) is 12.8. The molecule has 2 unspecified atom stereocenters. The minimum atomic E-state index is -1.08. The van der Waals surface area contributed by atoms with Crippen molar-refractivity contribution in [2.45, 2.75) is 89.4 Å². The van der Waals surface area contributed by atoms with Gasteiger partial charge in [-0.1, -0.05) is 24.3 Å². The summed E-state index contributed by atoms with van der Waals surface area (Å²) in [4.78, 5) is 43.4. The Balaban J connectivity index is 1.29. The van der Waals surface area contributed by atoms with Crippen molar-refractivity contribution in [3.8, 4) is 5.75 Å². The standard InChI is InChI=1S/C33H43N3O8/c1-5-43-29-13-21(31(40)36-23-14-25(37)15-24(36)19-42-18-23)10-11-26(29)30(39)34-16-28(38)27-12-20-8-6-7-9-22(20)17-35(27)32(41)44-33(2,3)4/h6-11,13,23-25,27-28,37-38H,5,12,14-19H2,1-4H3,(H,34,39)/t23?,24?,25?,27-,28+/m0/s1. The molecule has 2 fully saturated rings. The van der Waals surface area contributed by atoms with Crippen LogP contribution in [0, 0.1) is 0 Å². The van der Waals surface area contributed by atoms with Crippen molar-refractivity contribution in [3.63, 3.8) is 0 Å². The summed E-state index contributed by atoms with van der Waals surface area (Å²) in [6.07, 6.45) is -0.734. The number of hydrogen-bond acceptors (Lipinski definition) is 8. The third-order valence-electron chi connectivity index (χ3n) is 8.34. The summed E-state index contributed by atoms with van der Waals surface area (Å²) in [6.45, 7) is 8.37. The number of nitrogens with zero attached hydrogens (tertiary/aromatic N) is 2. The predicted octanol–water partition coefficient (Wildman–Crippen LogP) is 2.90. The number of rotatable bonds is 7. The lowest BCUT2D eigenvalue weighted by Gasteiger charge is -2.47. The molecule has 2 bridgehead atoms. The van der Waals surface area contributed by atoms with E-state index < -0.39 is 35.9 Å². The van der Waals surface area contributed by atoms with E-state index in [4.69, 9.17) is 14.2 Å². The van der Waals surface area contributed by atoms with Crippen molar-refractivity contribution in [3.05, 3.63) is 64.7 Å². The fourth-order valence-electron chi connectivity index (χ4n) is 6.32. The summed E-state index contributed by atoms with van der Waals surface area (Å²) in [5, 5.41) is 24.3. The van der Waals surface area contributed by atoms with Gasteiger partial charge in [-0.2, -0.15) is 0 Å². The Morgan fingerprint density at radius 1 is 1.07 bits per heavy atom. The van der Waals surface area contributed by atoms with Crippen molar-refractivity contribution in [2.75, 3.05) is 26.4 Å². The van der Waals surface area contributed by atoms with Gasteiger partial charge in [0, 0.05) is 18.7 Å². The molecule has 0 radical (unpaired) electrons. The largest absolute Gasteiger partial charge is 0.493 e. The molecule has 0 saturated carbocycles. The van der Waals surface area contributed by atoms with E-state index >= 15 is 0 Å². The molecular formula is C33H43N3O8. The molecule has 0 spiro atoms. The SMILES string of the molecule is CCOc1cc(C(=O)N2C3COCC2CC(O)C3)ccc1C(=O)NC[C@@H](O)[C@@H]1Cc2ccccc2CN1C(=O)OC(C)(C)C. The van der Waals surface area contributed by atoms with Gasteiger partial charge in [-0.3, -0.25) is 14.5 Å². The van der Waals surface area contributed by atoms with Crippen molar-refractivity contribution in [1.29, 1.82) is 0 Å². The lowest BCUT2D eigenvalue weighted by atomic mass is 9.91. The summed E-state index contributed by atoms with van der Waals surface area (Å²) >= 11 is 0. The number of carbonyl (C=O) groups is 3. The number of nitrogens with one attached hydrogen (secondary N) is 1. The third-order valence-corrected chi connectivity index (χ3v) is 8.34. The van der Waals surface area contributed by atoms with E-state index in [1.165, 1.54) is 4.90 Å². The molecule has 3 N–H and O–H groups in total. The van der Waals surface area contributed by atoms with Crippen LogP contribution in [0.4, 0.5) is 4.79 Å². The Bertz CT molecular complexity index is 1360. The highest BCUT2D eigenvalue weighted by atomic mass is 16.6. The second-order valence-electron chi connectivity index (χ2n) is 12.8. The molecular weight excluding hydrogens is 566 g/mol. The predicted molar refractivity (Wildman–Crippen MR) is 161 cm³/mol. The maximum Gasteiger partial charge on any atom is 0.410 e. The number of aliphatic hydroxyl groups is 2. The highest BCUT2D eigenvalue weighted by Crippen LogP contribution is 2.31. The Labute approximate surface area is 258 Å². The minimum Gasteiger partial charge on any atom is -0.493 e. The van der Waals surface area contributed by atoms with Gasteiger partial charge in [0.05, 0.1) is 55.7 Å². The van der Waals surface area contributed by atoms with Crippen LogP contribution in [0.15, 0.2) is 42.5 Å². The number of piperidine rings is 1. The zero-order valence-corrected chi connectivity index (χ0v) is 25.8. The summed E-state index contributed by atoms with van der Waals surface area (Å²) < 4.78 is 17.0. The van der Waals surface area contributed by atoms with E-state index in [-0.39, 0.29) is 49.0 Å². The summed E-state index contributed by atoms with van der Waals surface area (Å²) in [7, 11) is 0. The van der Waals surface area contributed by atoms with E-state index in [9.17, 15) is 24.6 Å². The van der Waals surface area contributed by atoms with Gasteiger partial charge in [0.15, 0.2) is 0 Å². The number of morpholine rings is 1. The lowest BCUT2D eigenvalue weighted by Crippen LogP contribution is -2.60. The number of aliphatic hydroxyl groups excluding tert-OH is 2. The number of amides is 3. The van der Waals surface area contributed by atoms with Crippen LogP contribution in [0.2, 0.25) is 0 Å². The molecule has 11 nitrogen and oxygen atoms in total. The molecule has 0 aromatic heterocycles. The van der Waals surface area contributed by atoms with Gasteiger partial charge < -0.3 is 34.6 Å². The highest BCUT2D eigenvalue weighted by molar-refractivity contribution is 6.00. The van der Waals surface area contributed by atoms with Gasteiger partial charge in [-0.15, -0.1) is 0 Å². The first kappa shape index (κ1) is 31.7. The van der Waals surface area contributed by atoms with Crippen LogP contribution in [0.3, 0.4) is 0 Å². The second kappa shape index (κ2) is 13.1. The Morgan fingerprint density at radius 2 is 1.75 bits per heavy atom. The van der Waals surface area contributed by atoms with Crippen LogP contribution in [-0.2, 0) is 22.4 Å². The first-order valence-corrected chi connectivity index (χ1v) is 15.3. The fourth-order valence-corrected chi connectivity index (χ4v) is 6.32. The summed E-state index contributed by atoms with van der Waals surface area (Å²) in [5.74, 6) is -0.415. The van der Waals surface area contributed by atoms with E-state index in [1.54, 1.807) is 50.8 Å². The van der Waals surface area contributed by atoms with Gasteiger partial charge in [0.25, 0.3) is 11.8 Å². The van der Waals surface area contributed by atoms with Crippen LogP contribution in [0.1, 0.15) is 72.4 Å². The molecule has 3 aliphatic rings. The average Bonchev–Trinajstić information content (AvgIpc) is 2.97. The maximum absolute atomic E-state index is 13.6. The molecule has 3 amide bonds. The molecule has 44 heavy (non-hydrogen) atoms. The van der Waals surface area contributed by atoms with Crippen molar-refractivity contribution in [2.24, 2.45) is 0 Å². The first-order valence-electron chi connectivity index (χ1n) is 15.3. The van der Waals surface area contributed by atoms with Gasteiger partial charge in [-0.25, -0.2) is 4.79 Å². The number of ether oxygens (including phenoxy) is 3. The van der Waals surface area contributed by atoms with Gasteiger partial charge >= 0.3 is 6.09 Å². The van der Waals surface area contributed by atoms with Crippen molar-refractivity contribution >= 4 is 17.9 Å². The monoisotopic (exact) mass is 609 g/mol. The van der Waals surface area contributed by atoms with E-state index in [0.29, 0.717) is 38.0 Å². The normalized spacial score (nSPS) is 23.8. The molecule has 2 aromatic rings. The quantitative estimate of drug-likeness (QED) is 0.436. The zero-order chi connectivity index (χ0) is 31.6. The lowest BCUT2D eigenvalue weighted by molar-refractivity contribution is -0.0871. The molecule has 4 atom stereocenters. The smallest absolute Gasteiger partial charge is 0.410 e. The van der Waals surface area contributed by atoms with E-state index in [1.807, 2.05) is 24.3 Å². The van der Waals surface area contributed by atoms with Crippen LogP contribution in [-0.4, -0.2) is 100 Å². The van der Waals surface area contributed by atoms with Crippen LogP contribution < -0.4 is 10.1 Å². The Kier molecular flexibility index (Phi) is 9.48. The summed E-state index contributed by atoms with van der Waals surface area (Å²) in [5.41, 5.74) is 1.92. The molecule has 0 aliphatic carbocycles. The molecule has 3 heterocycles. The topological polar surface area (TPSA) is 138 Å². The maximum atomic E-state index is 13.6. The van der Waals surface area contributed by atoms with Gasteiger partial charge in [0.2, 0.25) is 0 Å². The minimum absolute atomic E-state index is 0.114. The third kappa shape index (κ3) is 7.00. The van der Waals surface area contributed by atoms with Crippen LogP contribution in [0.5, 0.6) is 5.75 Å². The van der Waals surface area contributed by atoms with E-state index in [2.05, 4.69) is 5.32 Å².